The lowest BCUT2D eigenvalue weighted by Crippen LogP contribution is -2.30. The van der Waals surface area contributed by atoms with Gasteiger partial charge in [-0.3, -0.25) is 9.69 Å². The minimum Gasteiger partial charge on any atom is -0.495 e. The summed E-state index contributed by atoms with van der Waals surface area (Å²) in [6.45, 7) is 7.54. The lowest BCUT2D eigenvalue weighted by Gasteiger charge is -2.26. The molecule has 0 saturated carbocycles. The van der Waals surface area contributed by atoms with Crippen molar-refractivity contribution in [3.63, 3.8) is 0 Å². The second-order valence-electron chi connectivity index (χ2n) is 8.76. The Morgan fingerprint density at radius 3 is 2.59 bits per heavy atom. The van der Waals surface area contributed by atoms with Crippen LogP contribution >= 0.6 is 11.8 Å². The molecule has 0 aliphatic carbocycles. The van der Waals surface area contributed by atoms with Gasteiger partial charge in [-0.15, -0.1) is 10.2 Å². The summed E-state index contributed by atoms with van der Waals surface area (Å²) in [5.41, 5.74) is 2.92. The number of carbonyl (C=O) groups excluding carboxylic acids is 1. The molecular formula is C26H33N5O2S. The third kappa shape index (κ3) is 6.18. The number of hydrogen-bond donors (Lipinski definition) is 1. The Morgan fingerprint density at radius 1 is 1.09 bits per heavy atom. The summed E-state index contributed by atoms with van der Waals surface area (Å²) >= 11 is 1.44. The summed E-state index contributed by atoms with van der Waals surface area (Å²) in [5.74, 6) is 1.49. The van der Waals surface area contributed by atoms with Crippen LogP contribution < -0.4 is 10.1 Å². The molecule has 1 aliphatic rings. The first-order chi connectivity index (χ1) is 16.5. The normalized spacial score (nSPS) is 15.1. The van der Waals surface area contributed by atoms with E-state index in [9.17, 15) is 4.79 Å². The number of benzene rings is 2. The van der Waals surface area contributed by atoms with Crippen LogP contribution in [0.3, 0.4) is 0 Å². The largest absolute Gasteiger partial charge is 0.495 e. The van der Waals surface area contributed by atoms with Gasteiger partial charge in [0.05, 0.1) is 31.1 Å². The summed E-state index contributed by atoms with van der Waals surface area (Å²) in [6.07, 6.45) is 3.76. The van der Waals surface area contributed by atoms with Gasteiger partial charge in [-0.05, 0) is 63.0 Å². The van der Waals surface area contributed by atoms with Crippen molar-refractivity contribution in [2.45, 2.75) is 56.6 Å². The standard InChI is InChI=1S/C26H33N5O2S/c1-19-12-13-23(33-3)22(16-19)27-25(32)20(2)34-26-29-28-24(18-30-14-8-5-9-15-30)31(26)17-21-10-6-4-7-11-21/h4,6-7,10-13,16,20H,5,8-9,14-15,17-18H2,1-3H3,(H,27,32). The van der Waals surface area contributed by atoms with Crippen LogP contribution in [0.4, 0.5) is 5.69 Å². The molecule has 3 aromatic rings. The van der Waals surface area contributed by atoms with Crippen LogP contribution in [0.5, 0.6) is 5.75 Å². The average Bonchev–Trinajstić information content (AvgIpc) is 3.21. The zero-order valence-corrected chi connectivity index (χ0v) is 21.0. The molecule has 0 spiro atoms. The fourth-order valence-corrected chi connectivity index (χ4v) is 5.00. The van der Waals surface area contributed by atoms with Gasteiger partial charge in [0.15, 0.2) is 5.16 Å². The van der Waals surface area contributed by atoms with Crippen LogP contribution in [0.1, 0.15) is 43.1 Å². The molecule has 1 atom stereocenters. The van der Waals surface area contributed by atoms with E-state index in [1.807, 2.05) is 50.2 Å². The van der Waals surface area contributed by atoms with Crippen molar-refractivity contribution >= 4 is 23.4 Å². The van der Waals surface area contributed by atoms with E-state index in [1.54, 1.807) is 7.11 Å². The number of methoxy groups -OCH3 is 1. The van der Waals surface area contributed by atoms with E-state index >= 15 is 0 Å². The predicted molar refractivity (Wildman–Crippen MR) is 136 cm³/mol. The number of rotatable bonds is 9. The Morgan fingerprint density at radius 2 is 1.85 bits per heavy atom. The number of nitrogens with zero attached hydrogens (tertiary/aromatic N) is 4. The average molecular weight is 480 g/mol. The number of thioether (sulfide) groups is 1. The number of likely N-dealkylation sites (tertiary alicyclic amines) is 1. The van der Waals surface area contributed by atoms with E-state index in [-0.39, 0.29) is 11.2 Å². The maximum absolute atomic E-state index is 13.0. The Labute approximate surface area is 205 Å². The van der Waals surface area contributed by atoms with Crippen LogP contribution in [0.2, 0.25) is 0 Å². The zero-order chi connectivity index (χ0) is 23.9. The van der Waals surface area contributed by atoms with E-state index in [0.717, 1.165) is 36.2 Å². The number of aryl methyl sites for hydroxylation is 1. The van der Waals surface area contributed by atoms with Crippen LogP contribution in [0.25, 0.3) is 0 Å². The van der Waals surface area contributed by atoms with Gasteiger partial charge in [0.1, 0.15) is 11.6 Å². The molecule has 4 rings (SSSR count). The lowest BCUT2D eigenvalue weighted by atomic mass is 10.1. The smallest absolute Gasteiger partial charge is 0.237 e. The van der Waals surface area contributed by atoms with Gasteiger partial charge in [0.25, 0.3) is 0 Å². The molecule has 1 saturated heterocycles. The van der Waals surface area contributed by atoms with Crippen LogP contribution in [-0.2, 0) is 17.9 Å². The number of hydrogen-bond acceptors (Lipinski definition) is 6. The number of anilines is 1. The van der Waals surface area contributed by atoms with Gasteiger partial charge >= 0.3 is 0 Å². The van der Waals surface area contributed by atoms with Crippen molar-refractivity contribution in [3.05, 3.63) is 65.5 Å². The first-order valence-corrected chi connectivity index (χ1v) is 12.7. The summed E-state index contributed by atoms with van der Waals surface area (Å²) < 4.78 is 7.57. The third-order valence-electron chi connectivity index (χ3n) is 6.05. The minimum atomic E-state index is -0.355. The van der Waals surface area contributed by atoms with Crippen molar-refractivity contribution < 1.29 is 9.53 Å². The molecule has 1 N–H and O–H groups in total. The van der Waals surface area contributed by atoms with Crippen molar-refractivity contribution in [2.75, 3.05) is 25.5 Å². The molecule has 180 valence electrons. The molecule has 34 heavy (non-hydrogen) atoms. The molecule has 2 heterocycles. The highest BCUT2D eigenvalue weighted by molar-refractivity contribution is 8.00. The highest BCUT2D eigenvalue weighted by Crippen LogP contribution is 2.29. The topological polar surface area (TPSA) is 72.3 Å². The van der Waals surface area contributed by atoms with Gasteiger partial charge in [-0.2, -0.15) is 0 Å². The second-order valence-corrected chi connectivity index (χ2v) is 10.1. The van der Waals surface area contributed by atoms with Gasteiger partial charge in [-0.25, -0.2) is 0 Å². The summed E-state index contributed by atoms with van der Waals surface area (Å²) in [5, 5.41) is 12.5. The maximum atomic E-state index is 13.0. The Balaban J connectivity index is 1.51. The summed E-state index contributed by atoms with van der Waals surface area (Å²) in [6, 6.07) is 16.1. The zero-order valence-electron chi connectivity index (χ0n) is 20.2. The van der Waals surface area contributed by atoms with Crippen LogP contribution in [-0.4, -0.2) is 51.0 Å². The third-order valence-corrected chi connectivity index (χ3v) is 7.14. The molecule has 1 unspecified atom stereocenters. The SMILES string of the molecule is COc1ccc(C)cc1NC(=O)C(C)Sc1nnc(CN2CCCCC2)n1Cc1ccccc1. The molecule has 1 fully saturated rings. The number of piperidine rings is 1. The van der Waals surface area contributed by atoms with Crippen LogP contribution in [0.15, 0.2) is 53.7 Å². The van der Waals surface area contributed by atoms with Crippen molar-refractivity contribution in [1.82, 2.24) is 19.7 Å². The van der Waals surface area contributed by atoms with E-state index in [0.29, 0.717) is 18.0 Å². The highest BCUT2D eigenvalue weighted by atomic mass is 32.2. The highest BCUT2D eigenvalue weighted by Gasteiger charge is 2.23. The fourth-order valence-electron chi connectivity index (χ4n) is 4.13. The Kier molecular flexibility index (Phi) is 8.24. The fraction of sp³-hybridized carbons (Fsp3) is 0.423. The minimum absolute atomic E-state index is 0.0965. The summed E-state index contributed by atoms with van der Waals surface area (Å²) in [7, 11) is 1.61. The van der Waals surface area contributed by atoms with Gasteiger partial charge < -0.3 is 14.6 Å². The molecule has 2 aromatic carbocycles. The molecule has 8 heteroatoms. The van der Waals surface area contributed by atoms with Crippen molar-refractivity contribution in [3.8, 4) is 5.75 Å². The second kappa shape index (κ2) is 11.5. The summed E-state index contributed by atoms with van der Waals surface area (Å²) in [4.78, 5) is 15.5. The maximum Gasteiger partial charge on any atom is 0.237 e. The molecule has 0 bridgehead atoms. The molecular weight excluding hydrogens is 446 g/mol. The quantitative estimate of drug-likeness (QED) is 0.447. The van der Waals surface area contributed by atoms with E-state index in [2.05, 4.69) is 37.1 Å². The molecule has 0 radical (unpaired) electrons. The van der Waals surface area contributed by atoms with E-state index in [1.165, 1.54) is 36.6 Å². The predicted octanol–water partition coefficient (Wildman–Crippen LogP) is 4.75. The van der Waals surface area contributed by atoms with Crippen molar-refractivity contribution in [1.29, 1.82) is 0 Å². The van der Waals surface area contributed by atoms with Gasteiger partial charge in [0, 0.05) is 0 Å². The number of amides is 1. The number of ether oxygens (including phenoxy) is 1. The Bertz CT molecular complexity index is 1100. The van der Waals surface area contributed by atoms with Gasteiger partial charge in [-0.1, -0.05) is 54.6 Å². The van der Waals surface area contributed by atoms with E-state index in [4.69, 9.17) is 4.74 Å². The van der Waals surface area contributed by atoms with E-state index < -0.39 is 0 Å². The molecule has 1 aromatic heterocycles. The number of nitrogens with one attached hydrogen (secondary N) is 1. The Hall–Kier alpha value is -2.84. The van der Waals surface area contributed by atoms with Crippen LogP contribution in [0, 0.1) is 6.92 Å². The number of aromatic nitrogens is 3. The lowest BCUT2D eigenvalue weighted by molar-refractivity contribution is -0.115. The first kappa shape index (κ1) is 24.3. The monoisotopic (exact) mass is 479 g/mol. The molecule has 1 aliphatic heterocycles. The molecule has 1 amide bonds. The van der Waals surface area contributed by atoms with Gasteiger partial charge in [0.2, 0.25) is 5.91 Å². The molecule has 7 nitrogen and oxygen atoms in total. The van der Waals surface area contributed by atoms with Crippen molar-refractivity contribution in [2.24, 2.45) is 0 Å². The first-order valence-electron chi connectivity index (χ1n) is 11.8. The number of carbonyl (C=O) groups is 1.